The van der Waals surface area contributed by atoms with Crippen LogP contribution in [0, 0.1) is 0 Å². The number of esters is 1. The maximum absolute atomic E-state index is 12.0. The zero-order valence-electron chi connectivity index (χ0n) is 12.1. The molecule has 114 valence electrons. The molecule has 5 heteroatoms. The van der Waals surface area contributed by atoms with Crippen LogP contribution in [0.15, 0.2) is 48.5 Å². The summed E-state index contributed by atoms with van der Waals surface area (Å²) in [5, 5.41) is 3.00. The largest absolute Gasteiger partial charge is 0.462 e. The fraction of sp³-hybridized carbons (Fsp3) is 0.176. The van der Waals surface area contributed by atoms with E-state index in [9.17, 15) is 9.59 Å². The molecule has 2 rings (SSSR count). The number of anilines is 1. The van der Waals surface area contributed by atoms with Crippen molar-refractivity contribution in [2.75, 3.05) is 11.9 Å². The molecule has 0 spiro atoms. The number of rotatable bonds is 5. The monoisotopic (exact) mass is 317 g/mol. The smallest absolute Gasteiger partial charge is 0.339 e. The van der Waals surface area contributed by atoms with Gasteiger partial charge in [0.05, 0.1) is 23.6 Å². The molecule has 0 atom stereocenters. The third kappa shape index (κ3) is 4.33. The molecule has 0 heterocycles. The number of carbonyl (C=O) groups excluding carboxylic acids is 2. The van der Waals surface area contributed by atoms with Crippen molar-refractivity contribution in [3.63, 3.8) is 0 Å². The molecule has 22 heavy (non-hydrogen) atoms. The van der Waals surface area contributed by atoms with Crippen LogP contribution in [0.25, 0.3) is 0 Å². The standard InChI is InChI=1S/C17H16ClNO3/c1-2-22-17(21)14-9-8-13(11-15(14)18)19-16(20)10-12-6-4-3-5-7-12/h3-9,11H,2,10H2,1H3,(H,19,20). The molecule has 0 aliphatic carbocycles. The highest BCUT2D eigenvalue weighted by Gasteiger charge is 2.12. The SMILES string of the molecule is CCOC(=O)c1ccc(NC(=O)Cc2ccccc2)cc1Cl. The predicted molar refractivity (Wildman–Crippen MR) is 86.2 cm³/mol. The Balaban J connectivity index is 2.03. The topological polar surface area (TPSA) is 55.4 Å². The van der Waals surface area contributed by atoms with Gasteiger partial charge in [-0.2, -0.15) is 0 Å². The molecule has 1 N–H and O–H groups in total. The van der Waals surface area contributed by atoms with E-state index in [4.69, 9.17) is 16.3 Å². The average molecular weight is 318 g/mol. The molecule has 0 bridgehead atoms. The first-order valence-electron chi connectivity index (χ1n) is 6.90. The van der Waals surface area contributed by atoms with Gasteiger partial charge in [0, 0.05) is 5.69 Å². The van der Waals surface area contributed by atoms with Crippen molar-refractivity contribution >= 4 is 29.2 Å². The lowest BCUT2D eigenvalue weighted by Crippen LogP contribution is -2.14. The van der Waals surface area contributed by atoms with E-state index >= 15 is 0 Å². The summed E-state index contributed by atoms with van der Waals surface area (Å²) in [6.07, 6.45) is 0.276. The van der Waals surface area contributed by atoms with Gasteiger partial charge in [0.25, 0.3) is 0 Å². The number of nitrogens with one attached hydrogen (secondary N) is 1. The Labute approximate surface area is 134 Å². The Morgan fingerprint density at radius 2 is 1.86 bits per heavy atom. The minimum Gasteiger partial charge on any atom is -0.462 e. The van der Waals surface area contributed by atoms with Crippen molar-refractivity contribution in [3.05, 3.63) is 64.7 Å². The summed E-state index contributed by atoms with van der Waals surface area (Å²) in [7, 11) is 0. The van der Waals surface area contributed by atoms with Gasteiger partial charge in [-0.1, -0.05) is 41.9 Å². The average Bonchev–Trinajstić information content (AvgIpc) is 2.48. The number of carbonyl (C=O) groups is 2. The van der Waals surface area contributed by atoms with E-state index in [1.807, 2.05) is 30.3 Å². The van der Waals surface area contributed by atoms with Gasteiger partial charge < -0.3 is 10.1 Å². The van der Waals surface area contributed by atoms with Crippen molar-refractivity contribution in [2.45, 2.75) is 13.3 Å². The molecule has 0 saturated heterocycles. The lowest BCUT2D eigenvalue weighted by molar-refractivity contribution is -0.115. The zero-order chi connectivity index (χ0) is 15.9. The van der Waals surface area contributed by atoms with E-state index in [2.05, 4.69) is 5.32 Å². The Morgan fingerprint density at radius 3 is 2.50 bits per heavy atom. The number of amides is 1. The highest BCUT2D eigenvalue weighted by Crippen LogP contribution is 2.22. The molecule has 0 aliphatic rings. The summed E-state index contributed by atoms with van der Waals surface area (Å²) < 4.78 is 4.90. The second kappa shape index (κ2) is 7.61. The third-order valence-electron chi connectivity index (χ3n) is 2.96. The van der Waals surface area contributed by atoms with E-state index in [1.165, 1.54) is 6.07 Å². The molecular formula is C17H16ClNO3. The number of hydrogen-bond donors (Lipinski definition) is 1. The van der Waals surface area contributed by atoms with Crippen LogP contribution in [0.2, 0.25) is 5.02 Å². The first kappa shape index (κ1) is 16.0. The molecule has 0 saturated carbocycles. The van der Waals surface area contributed by atoms with Crippen molar-refractivity contribution in [3.8, 4) is 0 Å². The normalized spacial score (nSPS) is 10.1. The Hall–Kier alpha value is -2.33. The van der Waals surface area contributed by atoms with Crippen molar-refractivity contribution in [1.82, 2.24) is 0 Å². The van der Waals surface area contributed by atoms with Crippen LogP contribution in [0.3, 0.4) is 0 Å². The number of benzene rings is 2. The van der Waals surface area contributed by atoms with Crippen molar-refractivity contribution in [1.29, 1.82) is 0 Å². The van der Waals surface area contributed by atoms with Crippen molar-refractivity contribution in [2.24, 2.45) is 0 Å². The van der Waals surface area contributed by atoms with E-state index < -0.39 is 5.97 Å². The predicted octanol–water partition coefficient (Wildman–Crippen LogP) is 3.70. The lowest BCUT2D eigenvalue weighted by Gasteiger charge is -2.08. The summed E-state index contributed by atoms with van der Waals surface area (Å²) in [5.41, 5.74) is 1.75. The summed E-state index contributed by atoms with van der Waals surface area (Å²) in [4.78, 5) is 23.6. The fourth-order valence-corrected chi connectivity index (χ4v) is 2.21. The van der Waals surface area contributed by atoms with E-state index in [1.54, 1.807) is 19.1 Å². The Kier molecular flexibility index (Phi) is 5.55. The number of ether oxygens (including phenoxy) is 1. The first-order chi connectivity index (χ1) is 10.6. The van der Waals surface area contributed by atoms with Crippen LogP contribution < -0.4 is 5.32 Å². The van der Waals surface area contributed by atoms with Crippen molar-refractivity contribution < 1.29 is 14.3 Å². The van der Waals surface area contributed by atoms with Gasteiger partial charge in [-0.25, -0.2) is 4.79 Å². The second-order valence-electron chi connectivity index (χ2n) is 4.63. The van der Waals surface area contributed by atoms with E-state index in [0.717, 1.165) is 5.56 Å². The summed E-state index contributed by atoms with van der Waals surface area (Å²) in [5.74, 6) is -0.624. The highest BCUT2D eigenvalue weighted by atomic mass is 35.5. The molecule has 1 amide bonds. The molecule has 4 nitrogen and oxygen atoms in total. The van der Waals surface area contributed by atoms with Gasteiger partial charge in [0.1, 0.15) is 0 Å². The van der Waals surface area contributed by atoms with Crippen LogP contribution >= 0.6 is 11.6 Å². The minimum absolute atomic E-state index is 0.147. The van der Waals surface area contributed by atoms with Gasteiger partial charge in [-0.15, -0.1) is 0 Å². The fourth-order valence-electron chi connectivity index (χ4n) is 1.95. The van der Waals surface area contributed by atoms with Gasteiger partial charge in [-0.3, -0.25) is 4.79 Å². The van der Waals surface area contributed by atoms with E-state index in [0.29, 0.717) is 5.69 Å². The maximum atomic E-state index is 12.0. The third-order valence-corrected chi connectivity index (χ3v) is 3.27. The summed E-state index contributed by atoms with van der Waals surface area (Å²) in [6, 6.07) is 14.1. The van der Waals surface area contributed by atoms with E-state index in [-0.39, 0.29) is 29.5 Å². The summed E-state index contributed by atoms with van der Waals surface area (Å²) in [6.45, 7) is 2.01. The molecule has 0 aliphatic heterocycles. The lowest BCUT2D eigenvalue weighted by atomic mass is 10.1. The minimum atomic E-state index is -0.477. The van der Waals surface area contributed by atoms with Gasteiger partial charge in [-0.05, 0) is 30.7 Å². The zero-order valence-corrected chi connectivity index (χ0v) is 12.9. The van der Waals surface area contributed by atoms with Crippen LogP contribution in [-0.2, 0) is 16.0 Å². The molecular weight excluding hydrogens is 302 g/mol. The summed E-state index contributed by atoms with van der Waals surface area (Å²) >= 11 is 6.05. The molecule has 0 radical (unpaired) electrons. The highest BCUT2D eigenvalue weighted by molar-refractivity contribution is 6.34. The van der Waals surface area contributed by atoms with Gasteiger partial charge in [0.2, 0.25) is 5.91 Å². The first-order valence-corrected chi connectivity index (χ1v) is 7.28. The quantitative estimate of drug-likeness (QED) is 0.855. The van der Waals surface area contributed by atoms with Crippen LogP contribution in [0.5, 0.6) is 0 Å². The Morgan fingerprint density at radius 1 is 1.14 bits per heavy atom. The van der Waals surface area contributed by atoms with Crippen LogP contribution in [-0.4, -0.2) is 18.5 Å². The maximum Gasteiger partial charge on any atom is 0.339 e. The van der Waals surface area contributed by atoms with Gasteiger partial charge >= 0.3 is 5.97 Å². The second-order valence-corrected chi connectivity index (χ2v) is 5.03. The molecule has 2 aromatic carbocycles. The number of halogens is 1. The molecule has 0 unspecified atom stereocenters. The van der Waals surface area contributed by atoms with Crippen LogP contribution in [0.4, 0.5) is 5.69 Å². The molecule has 2 aromatic rings. The number of hydrogen-bond acceptors (Lipinski definition) is 3. The Bertz CT molecular complexity index is 671. The molecule has 0 fully saturated rings. The van der Waals surface area contributed by atoms with Crippen LogP contribution in [0.1, 0.15) is 22.8 Å². The molecule has 0 aromatic heterocycles. The van der Waals surface area contributed by atoms with Gasteiger partial charge in [0.15, 0.2) is 0 Å².